The normalized spacial score (nSPS) is 13.5. The summed E-state index contributed by atoms with van der Waals surface area (Å²) in [5.41, 5.74) is 0.959. The summed E-state index contributed by atoms with van der Waals surface area (Å²) in [4.78, 5) is 36.5. The molecule has 2 aromatic carbocycles. The van der Waals surface area contributed by atoms with Gasteiger partial charge in [-0.05, 0) is 43.2 Å². The smallest absolute Gasteiger partial charge is 0.497 e. The van der Waals surface area contributed by atoms with Crippen molar-refractivity contribution in [1.82, 2.24) is 0 Å². The molecular weight excluding hydrogens is 456 g/mol. The number of benzene rings is 2. The minimum atomic E-state index is -3.77. The van der Waals surface area contributed by atoms with Crippen molar-refractivity contribution in [3.05, 3.63) is 57.9 Å². The molecular formula is C23H19F2NO8. The number of methoxy groups -OCH3 is 1. The lowest BCUT2D eigenvalue weighted by molar-refractivity contribution is -0.286. The third-order valence-electron chi connectivity index (χ3n) is 5.12. The molecule has 0 atom stereocenters. The maximum absolute atomic E-state index is 13.1. The Morgan fingerprint density at radius 3 is 2.62 bits per heavy atom. The molecule has 34 heavy (non-hydrogen) atoms. The van der Waals surface area contributed by atoms with Gasteiger partial charge in [0.15, 0.2) is 18.1 Å². The van der Waals surface area contributed by atoms with E-state index in [1.807, 2.05) is 0 Å². The number of esters is 1. The summed E-state index contributed by atoms with van der Waals surface area (Å²) in [5.74, 6) is -1.24. The lowest BCUT2D eigenvalue weighted by Crippen LogP contribution is -2.25. The molecule has 0 saturated heterocycles. The van der Waals surface area contributed by atoms with E-state index in [9.17, 15) is 23.2 Å². The van der Waals surface area contributed by atoms with E-state index in [4.69, 9.17) is 13.9 Å². The largest absolute Gasteiger partial charge is 0.586 e. The molecule has 0 radical (unpaired) electrons. The number of amides is 1. The van der Waals surface area contributed by atoms with Crippen LogP contribution in [0, 0.1) is 6.92 Å². The maximum Gasteiger partial charge on any atom is 0.586 e. The molecule has 1 N–H and O–H groups in total. The number of carbonyl (C=O) groups excluding carboxylic acids is 2. The van der Waals surface area contributed by atoms with Crippen molar-refractivity contribution in [2.24, 2.45) is 0 Å². The minimum Gasteiger partial charge on any atom is -0.497 e. The average Bonchev–Trinajstić information content (AvgIpc) is 3.10. The second-order valence-corrected chi connectivity index (χ2v) is 7.39. The maximum atomic E-state index is 13.1. The van der Waals surface area contributed by atoms with Gasteiger partial charge in [-0.25, -0.2) is 4.79 Å². The van der Waals surface area contributed by atoms with Crippen LogP contribution in [0.25, 0.3) is 11.0 Å². The topological polar surface area (TPSA) is 113 Å². The number of alkyl halides is 2. The monoisotopic (exact) mass is 475 g/mol. The quantitative estimate of drug-likeness (QED) is 0.408. The van der Waals surface area contributed by atoms with Gasteiger partial charge in [-0.1, -0.05) is 0 Å². The van der Waals surface area contributed by atoms with Gasteiger partial charge in [0.25, 0.3) is 5.91 Å². The summed E-state index contributed by atoms with van der Waals surface area (Å²) in [7, 11) is 1.50. The fraction of sp³-hybridized carbons (Fsp3) is 0.261. The van der Waals surface area contributed by atoms with E-state index in [0.717, 1.165) is 6.07 Å². The van der Waals surface area contributed by atoms with Gasteiger partial charge in [-0.2, -0.15) is 0 Å². The molecule has 0 aliphatic carbocycles. The zero-order valence-electron chi connectivity index (χ0n) is 18.1. The third-order valence-corrected chi connectivity index (χ3v) is 5.12. The number of rotatable bonds is 7. The first-order valence-electron chi connectivity index (χ1n) is 10.1. The Bertz CT molecular complexity index is 1330. The molecule has 0 fully saturated rings. The van der Waals surface area contributed by atoms with E-state index in [-0.39, 0.29) is 30.0 Å². The molecule has 0 saturated carbocycles. The predicted molar refractivity (Wildman–Crippen MR) is 114 cm³/mol. The van der Waals surface area contributed by atoms with Gasteiger partial charge in [0.1, 0.15) is 11.3 Å². The minimum absolute atomic E-state index is 0.0625. The number of aryl methyl sites for hydroxylation is 1. The van der Waals surface area contributed by atoms with E-state index < -0.39 is 30.4 Å². The highest BCUT2D eigenvalue weighted by molar-refractivity contribution is 5.93. The van der Waals surface area contributed by atoms with E-state index in [1.165, 1.54) is 19.2 Å². The van der Waals surface area contributed by atoms with Crippen molar-refractivity contribution in [2.75, 3.05) is 19.0 Å². The summed E-state index contributed by atoms with van der Waals surface area (Å²) < 4.78 is 50.1. The molecule has 1 aromatic heterocycles. The Balaban J connectivity index is 1.31. The van der Waals surface area contributed by atoms with Gasteiger partial charge >= 0.3 is 17.9 Å². The highest BCUT2D eigenvalue weighted by Crippen LogP contribution is 2.42. The van der Waals surface area contributed by atoms with E-state index in [2.05, 4.69) is 14.8 Å². The molecule has 3 aromatic rings. The summed E-state index contributed by atoms with van der Waals surface area (Å²) in [6.45, 7) is 1.15. The SMILES string of the molecule is COc1ccc2c(C)c(CCC(=O)OCC(=O)Nc3ccc4c(c3)OC(F)(F)O4)c(=O)oc2c1. The Morgan fingerprint density at radius 2 is 1.85 bits per heavy atom. The van der Waals surface area contributed by atoms with Crippen LogP contribution in [-0.4, -0.2) is 31.9 Å². The molecule has 1 aliphatic rings. The van der Waals surface area contributed by atoms with Gasteiger partial charge < -0.3 is 28.7 Å². The van der Waals surface area contributed by atoms with Crippen LogP contribution in [0.5, 0.6) is 17.2 Å². The summed E-state index contributed by atoms with van der Waals surface area (Å²) in [6.07, 6.45) is -3.86. The van der Waals surface area contributed by atoms with Crippen LogP contribution in [0.15, 0.2) is 45.6 Å². The third kappa shape index (κ3) is 4.92. The molecule has 1 aliphatic heterocycles. The Kier molecular flexibility index (Phi) is 6.10. The zero-order chi connectivity index (χ0) is 24.5. The number of ether oxygens (including phenoxy) is 4. The van der Waals surface area contributed by atoms with Crippen LogP contribution in [0.4, 0.5) is 14.5 Å². The fourth-order valence-corrected chi connectivity index (χ4v) is 3.46. The van der Waals surface area contributed by atoms with Crippen LogP contribution in [0.3, 0.4) is 0 Å². The Hall–Kier alpha value is -4.15. The van der Waals surface area contributed by atoms with Gasteiger partial charge in [0, 0.05) is 35.2 Å². The molecule has 11 heteroatoms. The average molecular weight is 475 g/mol. The zero-order valence-corrected chi connectivity index (χ0v) is 18.1. The highest BCUT2D eigenvalue weighted by Gasteiger charge is 2.43. The summed E-state index contributed by atoms with van der Waals surface area (Å²) in [5, 5.41) is 3.12. The van der Waals surface area contributed by atoms with E-state index in [1.54, 1.807) is 25.1 Å². The number of nitrogens with one attached hydrogen (secondary N) is 1. The fourth-order valence-electron chi connectivity index (χ4n) is 3.46. The second kappa shape index (κ2) is 9.00. The highest BCUT2D eigenvalue weighted by atomic mass is 19.3. The molecule has 0 bridgehead atoms. The number of carbonyl (C=O) groups is 2. The molecule has 4 rings (SSSR count). The number of hydrogen-bond donors (Lipinski definition) is 1. The summed E-state index contributed by atoms with van der Waals surface area (Å²) >= 11 is 0. The first-order valence-corrected chi connectivity index (χ1v) is 10.1. The number of fused-ring (bicyclic) bond motifs is 2. The van der Waals surface area contributed by atoms with Crippen LogP contribution in [-0.2, 0) is 20.7 Å². The van der Waals surface area contributed by atoms with Crippen LogP contribution < -0.4 is 25.2 Å². The molecule has 9 nitrogen and oxygen atoms in total. The van der Waals surface area contributed by atoms with E-state index in [0.29, 0.717) is 27.8 Å². The Morgan fingerprint density at radius 1 is 1.09 bits per heavy atom. The molecule has 0 unspecified atom stereocenters. The standard InChI is InChI=1S/C23H19F2NO8/c1-12-15-5-4-14(30-2)10-18(15)32-22(29)16(12)6-8-21(28)31-11-20(27)26-13-3-7-17-19(9-13)34-23(24,25)33-17/h3-5,7,9-10H,6,8,11H2,1-2H3,(H,26,27). The van der Waals surface area contributed by atoms with Gasteiger partial charge in [0.05, 0.1) is 7.11 Å². The molecule has 178 valence electrons. The van der Waals surface area contributed by atoms with Crippen molar-refractivity contribution in [3.8, 4) is 17.2 Å². The van der Waals surface area contributed by atoms with Crippen molar-refractivity contribution in [1.29, 1.82) is 0 Å². The van der Waals surface area contributed by atoms with Crippen LogP contribution >= 0.6 is 0 Å². The Labute approximate surface area is 191 Å². The molecule has 0 spiro atoms. The second-order valence-electron chi connectivity index (χ2n) is 7.39. The first kappa shape index (κ1) is 23.0. The van der Waals surface area contributed by atoms with Crippen LogP contribution in [0.2, 0.25) is 0 Å². The number of hydrogen-bond acceptors (Lipinski definition) is 8. The van der Waals surface area contributed by atoms with Crippen molar-refractivity contribution in [3.63, 3.8) is 0 Å². The predicted octanol–water partition coefficient (Wildman–Crippen LogP) is 3.55. The van der Waals surface area contributed by atoms with Crippen molar-refractivity contribution >= 4 is 28.5 Å². The van der Waals surface area contributed by atoms with Crippen LogP contribution in [0.1, 0.15) is 17.5 Å². The number of anilines is 1. The van der Waals surface area contributed by atoms with Gasteiger partial charge in [-0.3, -0.25) is 9.59 Å². The molecule has 1 amide bonds. The first-order chi connectivity index (χ1) is 16.1. The van der Waals surface area contributed by atoms with E-state index >= 15 is 0 Å². The number of halogens is 2. The lowest BCUT2D eigenvalue weighted by Gasteiger charge is -2.09. The van der Waals surface area contributed by atoms with Crippen molar-refractivity contribution < 1.29 is 41.7 Å². The van der Waals surface area contributed by atoms with Gasteiger partial charge in [0.2, 0.25) is 0 Å². The molecule has 2 heterocycles. The summed E-state index contributed by atoms with van der Waals surface area (Å²) in [6, 6.07) is 8.80. The lowest BCUT2D eigenvalue weighted by atomic mass is 10.0. The van der Waals surface area contributed by atoms with Gasteiger partial charge in [-0.15, -0.1) is 8.78 Å². The van der Waals surface area contributed by atoms with Crippen molar-refractivity contribution in [2.45, 2.75) is 26.1 Å².